The van der Waals surface area contributed by atoms with Crippen LogP contribution >= 0.6 is 0 Å². The van der Waals surface area contributed by atoms with Crippen molar-refractivity contribution >= 4 is 12.0 Å². The summed E-state index contributed by atoms with van der Waals surface area (Å²) in [5, 5.41) is 16.0. The maximum Gasteiger partial charge on any atom is 0.317 e. The quantitative estimate of drug-likeness (QED) is 0.897. The Kier molecular flexibility index (Phi) is 4.79. The predicted octanol–water partition coefficient (Wildman–Crippen LogP) is 1.88. The third-order valence-electron chi connectivity index (χ3n) is 4.28. The molecule has 1 aliphatic heterocycles. The Labute approximate surface area is 139 Å². The lowest BCUT2D eigenvalue weighted by Gasteiger charge is -2.30. The molecule has 1 aromatic carbocycles. The van der Waals surface area contributed by atoms with Crippen molar-refractivity contribution in [3.05, 3.63) is 48.3 Å². The summed E-state index contributed by atoms with van der Waals surface area (Å²) in [7, 11) is 0. The van der Waals surface area contributed by atoms with Crippen molar-refractivity contribution in [2.24, 2.45) is 5.92 Å². The standard InChI is InChI=1S/C17H20N4O3/c22-16(23)14-6-10-20(11-7-14)17(24)18-12-13-2-4-15(5-3-13)21-9-1-8-19-21/h1-5,8-9,14H,6-7,10-12H2,(H,18,24)(H,22,23). The van der Waals surface area contributed by atoms with E-state index in [1.807, 2.05) is 36.5 Å². The Bertz CT molecular complexity index is 689. The van der Waals surface area contributed by atoms with E-state index in [2.05, 4.69) is 10.4 Å². The molecule has 1 fully saturated rings. The Morgan fingerprint density at radius 3 is 2.50 bits per heavy atom. The second-order valence-electron chi connectivity index (χ2n) is 5.88. The summed E-state index contributed by atoms with van der Waals surface area (Å²) in [6.45, 7) is 1.42. The molecule has 1 aliphatic rings. The fourth-order valence-electron chi connectivity index (χ4n) is 2.81. The minimum atomic E-state index is -0.771. The Morgan fingerprint density at radius 1 is 1.21 bits per heavy atom. The molecular formula is C17H20N4O3. The van der Waals surface area contributed by atoms with Gasteiger partial charge in [-0.05, 0) is 36.6 Å². The molecule has 2 amide bonds. The number of piperidine rings is 1. The van der Waals surface area contributed by atoms with Crippen LogP contribution in [0.2, 0.25) is 0 Å². The van der Waals surface area contributed by atoms with Crippen molar-refractivity contribution in [2.75, 3.05) is 13.1 Å². The summed E-state index contributed by atoms with van der Waals surface area (Å²) in [5.74, 6) is -1.10. The van der Waals surface area contributed by atoms with E-state index < -0.39 is 5.97 Å². The van der Waals surface area contributed by atoms with Crippen molar-refractivity contribution in [3.63, 3.8) is 0 Å². The predicted molar refractivity (Wildman–Crippen MR) is 87.7 cm³/mol. The number of benzene rings is 1. The van der Waals surface area contributed by atoms with E-state index in [4.69, 9.17) is 5.11 Å². The van der Waals surface area contributed by atoms with Crippen LogP contribution in [-0.2, 0) is 11.3 Å². The zero-order chi connectivity index (χ0) is 16.9. The minimum absolute atomic E-state index is 0.144. The van der Waals surface area contributed by atoms with Gasteiger partial charge in [0, 0.05) is 32.0 Å². The molecule has 0 unspecified atom stereocenters. The molecule has 2 heterocycles. The van der Waals surface area contributed by atoms with Crippen LogP contribution in [0.4, 0.5) is 4.79 Å². The molecule has 126 valence electrons. The maximum absolute atomic E-state index is 12.2. The van der Waals surface area contributed by atoms with E-state index in [-0.39, 0.29) is 11.9 Å². The number of nitrogens with one attached hydrogen (secondary N) is 1. The highest BCUT2D eigenvalue weighted by molar-refractivity contribution is 5.75. The third kappa shape index (κ3) is 3.73. The van der Waals surface area contributed by atoms with Gasteiger partial charge >= 0.3 is 12.0 Å². The largest absolute Gasteiger partial charge is 0.481 e. The first kappa shape index (κ1) is 16.0. The number of amides is 2. The summed E-state index contributed by atoms with van der Waals surface area (Å²) in [6.07, 6.45) is 4.63. The van der Waals surface area contributed by atoms with Crippen LogP contribution in [0.15, 0.2) is 42.7 Å². The summed E-state index contributed by atoms with van der Waals surface area (Å²) in [6, 6.07) is 9.53. The first-order chi connectivity index (χ1) is 11.6. The number of rotatable bonds is 4. The molecular weight excluding hydrogens is 308 g/mol. The van der Waals surface area contributed by atoms with Crippen molar-refractivity contribution < 1.29 is 14.7 Å². The van der Waals surface area contributed by atoms with Gasteiger partial charge in [0.05, 0.1) is 11.6 Å². The molecule has 0 radical (unpaired) electrons. The van der Waals surface area contributed by atoms with Crippen molar-refractivity contribution in [2.45, 2.75) is 19.4 Å². The fraction of sp³-hybridized carbons (Fsp3) is 0.353. The van der Waals surface area contributed by atoms with E-state index in [0.717, 1.165) is 11.3 Å². The maximum atomic E-state index is 12.2. The van der Waals surface area contributed by atoms with Crippen LogP contribution in [0.25, 0.3) is 5.69 Å². The fourth-order valence-corrected chi connectivity index (χ4v) is 2.81. The molecule has 1 saturated heterocycles. The normalized spacial score (nSPS) is 15.2. The molecule has 0 aliphatic carbocycles. The van der Waals surface area contributed by atoms with Crippen molar-refractivity contribution in [1.29, 1.82) is 0 Å². The number of carboxylic acids is 1. The van der Waals surface area contributed by atoms with Gasteiger partial charge in [0.25, 0.3) is 0 Å². The van der Waals surface area contributed by atoms with Crippen molar-refractivity contribution in [1.82, 2.24) is 20.0 Å². The molecule has 2 N–H and O–H groups in total. The summed E-state index contributed by atoms with van der Waals surface area (Å²) in [5.41, 5.74) is 1.96. The molecule has 0 atom stereocenters. The van der Waals surface area contributed by atoms with Crippen LogP contribution in [0.5, 0.6) is 0 Å². The van der Waals surface area contributed by atoms with E-state index in [0.29, 0.717) is 32.5 Å². The van der Waals surface area contributed by atoms with Gasteiger partial charge in [0.2, 0.25) is 0 Å². The second kappa shape index (κ2) is 7.16. The average molecular weight is 328 g/mol. The Balaban J connectivity index is 1.49. The number of aromatic nitrogens is 2. The highest BCUT2D eigenvalue weighted by Gasteiger charge is 2.26. The molecule has 0 spiro atoms. The van der Waals surface area contributed by atoms with Gasteiger partial charge in [0.15, 0.2) is 0 Å². The highest BCUT2D eigenvalue weighted by atomic mass is 16.4. The van der Waals surface area contributed by atoms with Gasteiger partial charge in [-0.1, -0.05) is 12.1 Å². The van der Waals surface area contributed by atoms with E-state index in [9.17, 15) is 9.59 Å². The zero-order valence-corrected chi connectivity index (χ0v) is 13.3. The number of carboxylic acid groups (broad SMARTS) is 1. The Morgan fingerprint density at radius 2 is 1.92 bits per heavy atom. The smallest absolute Gasteiger partial charge is 0.317 e. The van der Waals surface area contributed by atoms with Gasteiger partial charge in [-0.15, -0.1) is 0 Å². The number of aliphatic carboxylic acids is 1. The van der Waals surface area contributed by atoms with Crippen LogP contribution in [-0.4, -0.2) is 44.9 Å². The molecule has 0 bridgehead atoms. The number of likely N-dealkylation sites (tertiary alicyclic amines) is 1. The first-order valence-electron chi connectivity index (χ1n) is 7.98. The molecule has 7 heteroatoms. The number of carbonyl (C=O) groups excluding carboxylic acids is 1. The number of hydrogen-bond acceptors (Lipinski definition) is 3. The van der Waals surface area contributed by atoms with Crippen LogP contribution in [0.3, 0.4) is 0 Å². The highest BCUT2D eigenvalue weighted by Crippen LogP contribution is 2.17. The van der Waals surface area contributed by atoms with Gasteiger partial charge in [-0.2, -0.15) is 5.10 Å². The zero-order valence-electron chi connectivity index (χ0n) is 13.3. The Hall–Kier alpha value is -2.83. The van der Waals surface area contributed by atoms with E-state index >= 15 is 0 Å². The first-order valence-corrected chi connectivity index (χ1v) is 7.98. The van der Waals surface area contributed by atoms with Crippen LogP contribution in [0, 0.1) is 5.92 Å². The SMILES string of the molecule is O=C(O)C1CCN(C(=O)NCc2ccc(-n3cccn3)cc2)CC1. The summed E-state index contributed by atoms with van der Waals surface area (Å²) >= 11 is 0. The van der Waals surface area contributed by atoms with Gasteiger partial charge < -0.3 is 15.3 Å². The lowest BCUT2D eigenvalue weighted by Crippen LogP contribution is -2.45. The van der Waals surface area contributed by atoms with E-state index in [1.54, 1.807) is 15.8 Å². The minimum Gasteiger partial charge on any atom is -0.481 e. The van der Waals surface area contributed by atoms with Gasteiger partial charge in [-0.25, -0.2) is 9.48 Å². The average Bonchev–Trinajstić information content (AvgIpc) is 3.15. The number of urea groups is 1. The lowest BCUT2D eigenvalue weighted by molar-refractivity contribution is -0.143. The molecule has 0 saturated carbocycles. The monoisotopic (exact) mass is 328 g/mol. The van der Waals surface area contributed by atoms with Gasteiger partial charge in [-0.3, -0.25) is 4.79 Å². The molecule has 24 heavy (non-hydrogen) atoms. The third-order valence-corrected chi connectivity index (χ3v) is 4.28. The molecule has 3 rings (SSSR count). The van der Waals surface area contributed by atoms with Crippen LogP contribution < -0.4 is 5.32 Å². The van der Waals surface area contributed by atoms with Crippen molar-refractivity contribution in [3.8, 4) is 5.69 Å². The molecule has 2 aromatic rings. The lowest BCUT2D eigenvalue weighted by atomic mass is 9.97. The van der Waals surface area contributed by atoms with E-state index in [1.165, 1.54) is 0 Å². The summed E-state index contributed by atoms with van der Waals surface area (Å²) in [4.78, 5) is 24.8. The topological polar surface area (TPSA) is 87.5 Å². The van der Waals surface area contributed by atoms with Crippen LogP contribution in [0.1, 0.15) is 18.4 Å². The second-order valence-corrected chi connectivity index (χ2v) is 5.88. The van der Waals surface area contributed by atoms with Gasteiger partial charge in [0.1, 0.15) is 0 Å². The number of hydrogen-bond donors (Lipinski definition) is 2. The number of nitrogens with zero attached hydrogens (tertiary/aromatic N) is 3. The summed E-state index contributed by atoms with van der Waals surface area (Å²) < 4.78 is 1.77. The molecule has 7 nitrogen and oxygen atoms in total. The molecule has 1 aromatic heterocycles. The number of carbonyl (C=O) groups is 2.